The Kier molecular flexibility index (Phi) is 12.5. The molecule has 12 nitrogen and oxygen atoms in total. The van der Waals surface area contributed by atoms with Gasteiger partial charge >= 0.3 is 6.09 Å². The zero-order chi connectivity index (χ0) is 40.6. The first-order valence-electron chi connectivity index (χ1n) is 20.2. The molecule has 5 aromatic rings. The Morgan fingerprint density at radius 2 is 1.71 bits per heavy atom. The van der Waals surface area contributed by atoms with Crippen LogP contribution in [0.1, 0.15) is 87.6 Å². The number of carbonyl (C=O) groups is 4. The molecule has 4 amide bonds. The minimum Gasteiger partial charge on any atom is -0.447 e. The summed E-state index contributed by atoms with van der Waals surface area (Å²) < 4.78 is 5.33. The maximum absolute atomic E-state index is 14.1. The highest BCUT2D eigenvalue weighted by molar-refractivity contribution is 5.90. The average Bonchev–Trinajstić information content (AvgIpc) is 4.00. The van der Waals surface area contributed by atoms with Gasteiger partial charge in [0.15, 0.2) is 0 Å². The molecule has 2 aromatic heterocycles. The second kappa shape index (κ2) is 18.2. The van der Waals surface area contributed by atoms with E-state index >= 15 is 0 Å². The Morgan fingerprint density at radius 3 is 2.43 bits per heavy atom. The highest BCUT2D eigenvalue weighted by atomic mass is 16.6. The fourth-order valence-electron chi connectivity index (χ4n) is 7.71. The lowest BCUT2D eigenvalue weighted by Gasteiger charge is -2.28. The van der Waals surface area contributed by atoms with Gasteiger partial charge in [0.1, 0.15) is 11.9 Å². The number of H-pyrrole nitrogens is 2. The van der Waals surface area contributed by atoms with Gasteiger partial charge in [-0.05, 0) is 86.9 Å². The van der Waals surface area contributed by atoms with Gasteiger partial charge in [-0.15, -0.1) is 0 Å². The monoisotopic (exact) mass is 781 g/mol. The number of fused-ring (bicyclic) bond motifs is 1. The van der Waals surface area contributed by atoms with E-state index in [1.165, 1.54) is 0 Å². The molecule has 2 unspecified atom stereocenters. The van der Waals surface area contributed by atoms with Crippen LogP contribution in [0.5, 0.6) is 0 Å². The average molecular weight is 782 g/mol. The number of hydrogen-bond acceptors (Lipinski definition) is 6. The number of amides is 4. The fourth-order valence-corrected chi connectivity index (χ4v) is 7.71. The molecule has 0 saturated carbocycles. The van der Waals surface area contributed by atoms with Crippen molar-refractivity contribution in [1.29, 1.82) is 0 Å². The van der Waals surface area contributed by atoms with Gasteiger partial charge in [0.25, 0.3) is 5.91 Å². The van der Waals surface area contributed by atoms with Gasteiger partial charge in [0.2, 0.25) is 11.8 Å². The summed E-state index contributed by atoms with van der Waals surface area (Å²) >= 11 is 0. The number of rotatable bonds is 14. The smallest absolute Gasteiger partial charge is 0.408 e. The lowest BCUT2D eigenvalue weighted by Crippen LogP contribution is -2.43. The van der Waals surface area contributed by atoms with E-state index in [-0.39, 0.29) is 42.8 Å². The number of ether oxygens (including phenoxy) is 1. The van der Waals surface area contributed by atoms with Crippen molar-refractivity contribution in [1.82, 2.24) is 35.4 Å². The molecule has 300 valence electrons. The van der Waals surface area contributed by atoms with Gasteiger partial charge < -0.3 is 35.1 Å². The lowest BCUT2D eigenvalue weighted by molar-refractivity contribution is -0.135. The predicted octanol–water partition coefficient (Wildman–Crippen LogP) is 7.76. The van der Waals surface area contributed by atoms with Crippen LogP contribution in [-0.2, 0) is 25.5 Å². The van der Waals surface area contributed by atoms with Crippen LogP contribution in [0, 0.1) is 0 Å². The predicted molar refractivity (Wildman–Crippen MR) is 224 cm³/mol. The molecular formula is C46H51N7O5. The van der Waals surface area contributed by atoms with Gasteiger partial charge in [-0.1, -0.05) is 79.7 Å². The van der Waals surface area contributed by atoms with Crippen molar-refractivity contribution >= 4 is 40.3 Å². The minimum absolute atomic E-state index is 0.0232. The standard InChI is InChI=1S/C46H51N7O5/c1-4-23-52(42(55)25-31-12-7-5-8-13-31)29-41(54)48-36-20-17-32(18-21-36)38-27-35-26-34(19-22-37(35)49-38)39-28-47-44(50-39)40-16-11-24-53(40)45(56)43(33-14-9-6-10-15-33)51-46(57)58-30(2)3/h5-10,12-15,17,19-20,22,26-28,30,40,43,49H,4,11,16,18,21,23-25,29H2,1-3H3,(H,47,50)(H,48,54)(H,51,57). The molecule has 4 N–H and O–H groups in total. The van der Waals surface area contributed by atoms with Gasteiger partial charge in [0.05, 0.1) is 37.0 Å². The molecule has 58 heavy (non-hydrogen) atoms. The van der Waals surface area contributed by atoms with E-state index in [4.69, 9.17) is 9.72 Å². The summed E-state index contributed by atoms with van der Waals surface area (Å²) in [5.41, 5.74) is 7.41. The Hall–Kier alpha value is -6.43. The molecule has 1 aliphatic carbocycles. The van der Waals surface area contributed by atoms with E-state index in [0.717, 1.165) is 70.4 Å². The second-order valence-electron chi connectivity index (χ2n) is 15.2. The molecule has 7 rings (SSSR count). The third-order valence-corrected chi connectivity index (χ3v) is 10.5. The zero-order valence-electron chi connectivity index (χ0n) is 33.3. The van der Waals surface area contributed by atoms with E-state index < -0.39 is 12.1 Å². The number of nitrogens with zero attached hydrogens (tertiary/aromatic N) is 3. The molecule has 0 bridgehead atoms. The summed E-state index contributed by atoms with van der Waals surface area (Å²) in [6, 6.07) is 26.0. The van der Waals surface area contributed by atoms with E-state index in [2.05, 4.69) is 38.8 Å². The maximum atomic E-state index is 14.1. The number of alkyl carbamates (subject to hydrolysis) is 1. The first-order valence-corrected chi connectivity index (χ1v) is 20.2. The normalized spacial score (nSPS) is 15.8. The van der Waals surface area contributed by atoms with Crippen molar-refractivity contribution in [2.24, 2.45) is 0 Å². The van der Waals surface area contributed by atoms with E-state index in [1.807, 2.05) is 92.0 Å². The number of hydrogen-bond donors (Lipinski definition) is 4. The first kappa shape index (κ1) is 39.8. The molecule has 3 aromatic carbocycles. The number of imidazole rings is 1. The Morgan fingerprint density at radius 1 is 0.931 bits per heavy atom. The van der Waals surface area contributed by atoms with Crippen molar-refractivity contribution in [2.75, 3.05) is 19.6 Å². The maximum Gasteiger partial charge on any atom is 0.408 e. The summed E-state index contributed by atoms with van der Waals surface area (Å²) in [4.78, 5) is 68.0. The molecule has 0 radical (unpaired) electrons. The third-order valence-electron chi connectivity index (χ3n) is 10.5. The van der Waals surface area contributed by atoms with Crippen molar-refractivity contribution in [2.45, 2.75) is 77.5 Å². The highest BCUT2D eigenvalue weighted by Gasteiger charge is 2.37. The molecule has 12 heteroatoms. The number of likely N-dealkylation sites (tertiary alicyclic amines) is 1. The Labute approximate surface area is 338 Å². The van der Waals surface area contributed by atoms with E-state index in [0.29, 0.717) is 30.9 Å². The summed E-state index contributed by atoms with van der Waals surface area (Å²) in [6.07, 6.45) is 8.86. The zero-order valence-corrected chi connectivity index (χ0v) is 33.3. The van der Waals surface area contributed by atoms with Gasteiger partial charge in [-0.2, -0.15) is 0 Å². The van der Waals surface area contributed by atoms with Crippen LogP contribution >= 0.6 is 0 Å². The number of aromatic nitrogens is 3. The van der Waals surface area contributed by atoms with Crippen LogP contribution in [0.4, 0.5) is 4.79 Å². The van der Waals surface area contributed by atoms with Crippen molar-refractivity contribution in [3.8, 4) is 11.3 Å². The number of allylic oxidation sites excluding steroid dienone is 4. The quantitative estimate of drug-likeness (QED) is 0.0904. The van der Waals surface area contributed by atoms with Crippen molar-refractivity contribution in [3.05, 3.63) is 132 Å². The van der Waals surface area contributed by atoms with Crippen LogP contribution in [0.15, 0.2) is 109 Å². The lowest BCUT2D eigenvalue weighted by atomic mass is 9.99. The number of carbonyl (C=O) groups excluding carboxylic acids is 4. The van der Waals surface area contributed by atoms with Crippen molar-refractivity contribution < 1.29 is 23.9 Å². The largest absolute Gasteiger partial charge is 0.447 e. The molecule has 1 fully saturated rings. The van der Waals surface area contributed by atoms with Crippen LogP contribution < -0.4 is 10.6 Å². The summed E-state index contributed by atoms with van der Waals surface area (Å²) in [7, 11) is 0. The number of benzene rings is 3. The number of aromatic amines is 2. The summed E-state index contributed by atoms with van der Waals surface area (Å²) in [6.45, 7) is 6.64. The topological polar surface area (TPSA) is 153 Å². The SMILES string of the molecule is CCCN(CC(=O)NC1=CC=C(c2cc3cc(-c4cnc(C5CCCN5C(=O)C(NC(=O)OC(C)C)c5ccccc5)[nH]4)ccc3[nH]2)CC1)C(=O)Cc1ccccc1. The molecule has 0 spiro atoms. The van der Waals surface area contributed by atoms with Crippen LogP contribution in [0.3, 0.4) is 0 Å². The molecule has 3 heterocycles. The van der Waals surface area contributed by atoms with E-state index in [1.54, 1.807) is 23.6 Å². The van der Waals surface area contributed by atoms with Crippen LogP contribution in [0.2, 0.25) is 0 Å². The minimum atomic E-state index is -0.892. The second-order valence-corrected chi connectivity index (χ2v) is 15.2. The molecule has 2 aliphatic rings. The molecule has 1 saturated heterocycles. The van der Waals surface area contributed by atoms with Crippen LogP contribution in [0.25, 0.3) is 27.7 Å². The fraction of sp³-hybridized carbons (Fsp3) is 0.326. The van der Waals surface area contributed by atoms with Gasteiger partial charge in [0, 0.05) is 40.9 Å². The molecular weight excluding hydrogens is 731 g/mol. The third kappa shape index (κ3) is 9.56. The van der Waals surface area contributed by atoms with Gasteiger partial charge in [-0.25, -0.2) is 9.78 Å². The molecule has 1 aliphatic heterocycles. The molecule has 2 atom stereocenters. The number of nitrogens with one attached hydrogen (secondary N) is 4. The Bertz CT molecular complexity index is 2310. The van der Waals surface area contributed by atoms with E-state index in [9.17, 15) is 19.2 Å². The van der Waals surface area contributed by atoms with Crippen LogP contribution in [-0.4, -0.2) is 74.3 Å². The van der Waals surface area contributed by atoms with Gasteiger partial charge in [-0.3, -0.25) is 14.4 Å². The Balaban J connectivity index is 1.00. The highest BCUT2D eigenvalue weighted by Crippen LogP contribution is 2.35. The first-order chi connectivity index (χ1) is 28.1. The summed E-state index contributed by atoms with van der Waals surface area (Å²) in [5, 5.41) is 6.87. The summed E-state index contributed by atoms with van der Waals surface area (Å²) in [5.74, 6) is 0.243. The van der Waals surface area contributed by atoms with Crippen molar-refractivity contribution in [3.63, 3.8) is 0 Å².